The lowest BCUT2D eigenvalue weighted by Crippen LogP contribution is -2.13. The minimum atomic E-state index is -1.05. The van der Waals surface area contributed by atoms with Gasteiger partial charge in [-0.05, 0) is 151 Å². The molecule has 7 aromatic carbocycles. The maximum atomic E-state index is 13.2. The fraction of sp³-hybridized carbons (Fsp3) is 0.0526. The molecule has 0 spiro atoms. The summed E-state index contributed by atoms with van der Waals surface area (Å²) in [6.07, 6.45) is 3.50. The van der Waals surface area contributed by atoms with Crippen LogP contribution in [0, 0.1) is 17.5 Å². The number of pyridine rings is 1. The molecule has 2 amide bonds. The molecule has 11 aromatic rings. The Balaban J connectivity index is 0.000000194. The Bertz CT molecular complexity index is 4020. The highest BCUT2D eigenvalue weighted by Crippen LogP contribution is 2.31. The zero-order chi connectivity index (χ0) is 61.0. The van der Waals surface area contributed by atoms with Gasteiger partial charge >= 0.3 is 5.97 Å². The van der Waals surface area contributed by atoms with Crippen molar-refractivity contribution in [3.05, 3.63) is 218 Å². The number of phenols is 1. The van der Waals surface area contributed by atoms with Crippen molar-refractivity contribution in [3.63, 3.8) is 0 Å². The summed E-state index contributed by atoms with van der Waals surface area (Å²) in [6, 6.07) is 36.7. The van der Waals surface area contributed by atoms with Crippen LogP contribution >= 0.6 is 104 Å². The van der Waals surface area contributed by atoms with Gasteiger partial charge in [-0.2, -0.15) is 0 Å². The average Bonchev–Trinajstić information content (AvgIpc) is 3.72. The fourth-order valence-electron chi connectivity index (χ4n) is 6.69. The number of anilines is 3. The maximum absolute atomic E-state index is 13.2. The number of amides is 2. The molecule has 6 N–H and O–H groups in total. The molecule has 0 unspecified atom stereocenters. The van der Waals surface area contributed by atoms with Crippen LogP contribution in [0.15, 0.2) is 158 Å². The largest absolute Gasteiger partial charge is 0.507 e. The Kier molecular flexibility index (Phi) is 26.2. The third-order valence-corrected chi connectivity index (χ3v) is 14.3. The number of nitrogens with zero attached hydrogens (tertiary/aromatic N) is 4. The molecule has 4 aromatic heterocycles. The number of carboxylic acids is 1. The summed E-state index contributed by atoms with van der Waals surface area (Å²) >= 11 is 31.9. The van der Waals surface area contributed by atoms with Gasteiger partial charge in [-0.25, -0.2) is 32.9 Å². The van der Waals surface area contributed by atoms with Crippen LogP contribution in [0.25, 0.3) is 30.6 Å². The third kappa shape index (κ3) is 20.3. The van der Waals surface area contributed by atoms with E-state index in [1.165, 1.54) is 129 Å². The predicted molar refractivity (Wildman–Crippen MR) is 335 cm³/mol. The van der Waals surface area contributed by atoms with Crippen LogP contribution < -0.4 is 30.6 Å². The first-order chi connectivity index (χ1) is 40.1. The first kappa shape index (κ1) is 67.8. The lowest BCUT2D eigenvalue weighted by atomic mass is 10.2. The SMILES string of the molecule is COc1ccc(Cl)cc1C(=O)Cl.COc1ccc(Cl)cc1C(=O)Nc1nc2ccc(F)cc2s1.COc1ccc(Cl)cc1C(=O)O.Cl.Nc1nc2ccc(F)cc2s1.O=C(Nc1nc2ccc(F)cc2s1)c1cc(Cl)ccc1O.c1ccncc1. The first-order valence-corrected chi connectivity index (χ1v) is 27.8. The van der Waals surface area contributed by atoms with E-state index in [4.69, 9.17) is 83.1 Å². The van der Waals surface area contributed by atoms with Gasteiger partial charge in [-0.1, -0.05) is 86.5 Å². The van der Waals surface area contributed by atoms with E-state index in [0.29, 0.717) is 78.7 Å². The van der Waals surface area contributed by atoms with Crippen LogP contribution in [0.5, 0.6) is 23.0 Å². The first-order valence-electron chi connectivity index (χ1n) is 23.5. The summed E-state index contributed by atoms with van der Waals surface area (Å²) in [4.78, 5) is 62.0. The van der Waals surface area contributed by atoms with Crippen molar-refractivity contribution < 1.29 is 56.8 Å². The van der Waals surface area contributed by atoms with Crippen LogP contribution in [-0.2, 0) is 0 Å². The van der Waals surface area contributed by atoms with Crippen molar-refractivity contribution in [1.82, 2.24) is 19.9 Å². The number of hydrogen-bond acceptors (Lipinski definition) is 16. The number of aromatic nitrogens is 4. The number of carbonyl (C=O) groups is 4. The van der Waals surface area contributed by atoms with Gasteiger partial charge in [0, 0.05) is 32.5 Å². The summed E-state index contributed by atoms with van der Waals surface area (Å²) in [6.45, 7) is 0. The van der Waals surface area contributed by atoms with Crippen molar-refractivity contribution in [1.29, 1.82) is 0 Å². The van der Waals surface area contributed by atoms with Gasteiger partial charge in [0.05, 0.1) is 68.7 Å². The Morgan fingerprint density at radius 1 is 0.506 bits per heavy atom. The number of ether oxygens (including phenoxy) is 3. The number of nitrogens with one attached hydrogen (secondary N) is 2. The molecule has 0 aliphatic carbocycles. The quantitative estimate of drug-likeness (QED) is 0.0845. The fourth-order valence-corrected chi connectivity index (χ4v) is 10.1. The van der Waals surface area contributed by atoms with E-state index in [1.54, 1.807) is 54.9 Å². The van der Waals surface area contributed by atoms with E-state index in [1.807, 2.05) is 18.2 Å². The number of hydrogen-bond donors (Lipinski definition) is 5. The number of nitrogen functional groups attached to an aromatic ring is 1. The Hall–Kier alpha value is -8.03. The molecule has 0 aliphatic rings. The molecule has 4 heterocycles. The van der Waals surface area contributed by atoms with Crippen LogP contribution in [0.2, 0.25) is 20.1 Å². The lowest BCUT2D eigenvalue weighted by molar-refractivity contribution is 0.0692. The Morgan fingerprint density at radius 2 is 0.882 bits per heavy atom. The van der Waals surface area contributed by atoms with Crippen molar-refractivity contribution >= 4 is 173 Å². The van der Waals surface area contributed by atoms with E-state index in [2.05, 4.69) is 30.6 Å². The normalized spacial score (nSPS) is 10.1. The number of aromatic carboxylic acids is 1. The molecule has 0 radical (unpaired) electrons. The molecule has 0 saturated heterocycles. The van der Waals surface area contributed by atoms with Gasteiger partial charge in [-0.3, -0.25) is 30.0 Å². The lowest BCUT2D eigenvalue weighted by Gasteiger charge is -2.08. The number of fused-ring (bicyclic) bond motifs is 3. The van der Waals surface area contributed by atoms with Gasteiger partial charge in [0.25, 0.3) is 17.1 Å². The summed E-state index contributed by atoms with van der Waals surface area (Å²) in [5.41, 5.74) is 8.11. The summed E-state index contributed by atoms with van der Waals surface area (Å²) in [5.74, 6) is -1.95. The smallest absolute Gasteiger partial charge is 0.339 e. The molecule has 0 bridgehead atoms. The van der Waals surface area contributed by atoms with Crippen molar-refractivity contribution in [2.75, 3.05) is 37.7 Å². The molecule has 28 heteroatoms. The summed E-state index contributed by atoms with van der Waals surface area (Å²) < 4.78 is 55.8. The molecule has 440 valence electrons. The highest BCUT2D eigenvalue weighted by Gasteiger charge is 2.17. The topological polar surface area (TPSA) is 238 Å². The summed E-state index contributed by atoms with van der Waals surface area (Å²) in [5, 5.41) is 25.8. The monoisotopic (exact) mass is 1330 g/mol. The molecule has 0 fully saturated rings. The number of methoxy groups -OCH3 is 3. The van der Waals surface area contributed by atoms with Gasteiger partial charge < -0.3 is 30.2 Å². The third-order valence-electron chi connectivity index (χ3n) is 10.4. The highest BCUT2D eigenvalue weighted by molar-refractivity contribution is 7.23. The number of halogens is 9. The zero-order valence-corrected chi connectivity index (χ0v) is 50.8. The predicted octanol–water partition coefficient (Wildman–Crippen LogP) is 16.7. The van der Waals surface area contributed by atoms with Gasteiger partial charge in [0.2, 0.25) is 0 Å². The molecule has 11 rings (SSSR count). The average molecular weight is 1330 g/mol. The van der Waals surface area contributed by atoms with E-state index in [9.17, 15) is 37.5 Å². The van der Waals surface area contributed by atoms with Crippen LogP contribution in [-0.4, -0.2) is 74.5 Å². The van der Waals surface area contributed by atoms with Crippen molar-refractivity contribution in [3.8, 4) is 23.0 Å². The molecule has 0 saturated carbocycles. The molecule has 85 heavy (non-hydrogen) atoms. The van der Waals surface area contributed by atoms with Crippen LogP contribution in [0.1, 0.15) is 41.4 Å². The molecule has 0 aliphatic heterocycles. The van der Waals surface area contributed by atoms with Crippen molar-refractivity contribution in [2.45, 2.75) is 0 Å². The highest BCUT2D eigenvalue weighted by atomic mass is 35.5. The van der Waals surface area contributed by atoms with Crippen LogP contribution in [0.4, 0.5) is 28.6 Å². The number of rotatable bonds is 9. The molecular weight excluding hydrogens is 1290 g/mol. The Morgan fingerprint density at radius 3 is 1.29 bits per heavy atom. The van der Waals surface area contributed by atoms with Gasteiger partial charge in [0.1, 0.15) is 46.0 Å². The summed E-state index contributed by atoms with van der Waals surface area (Å²) in [7, 11) is 4.35. The number of benzene rings is 7. The van der Waals surface area contributed by atoms with Crippen LogP contribution in [0.3, 0.4) is 0 Å². The molecule has 0 atom stereocenters. The Labute approximate surface area is 524 Å². The van der Waals surface area contributed by atoms with Crippen molar-refractivity contribution in [2.24, 2.45) is 0 Å². The number of thiazole rings is 3. The number of nitrogens with two attached hydrogens (primary N) is 1. The van der Waals surface area contributed by atoms with E-state index >= 15 is 0 Å². The second-order valence-electron chi connectivity index (χ2n) is 16.1. The van der Waals surface area contributed by atoms with Gasteiger partial charge in [-0.15, -0.1) is 12.4 Å². The minimum Gasteiger partial charge on any atom is -0.507 e. The molecular formula is C57H42Cl6F3N7O9S3. The maximum Gasteiger partial charge on any atom is 0.339 e. The zero-order valence-electron chi connectivity index (χ0n) is 43.8. The second-order valence-corrected chi connectivity index (χ2v) is 21.3. The minimum absolute atomic E-state index is 0. The van der Waals surface area contributed by atoms with E-state index in [0.717, 1.165) is 21.6 Å². The number of phenolic OH excluding ortho intramolecular Hbond substituents is 1. The second kappa shape index (κ2) is 32.9. The van der Waals surface area contributed by atoms with E-state index in [-0.39, 0.29) is 58.2 Å². The molecule has 16 nitrogen and oxygen atoms in total. The number of carbonyl (C=O) groups excluding carboxylic acids is 3. The standard InChI is InChI=1S/C15H10ClFN2O2S.C14H8ClFN2O2S.C8H6Cl2O2.C8H7ClO3.C7H5FN2S.C5H5N.ClH/c1-21-12-5-2-8(16)6-10(12)14(20)19-15-18-11-4-3-9(17)7-13(11)22-15;15-7-1-4-11(19)9(5-7)13(20)18-14-17-10-3-2-8(16)6-12(10)21-14;2*1-12-7-3-2-5(9)4-6(7)8(10)11;8-4-1-2-5-6(3-4)11-7(9)10-5;1-2-4-6-5-3-1;/h2-7H,1H3,(H,18,19,20);1-6,19H,(H,17,18,20);2-4H,1H3;2-4H,1H3,(H,10,11);1-3H,(H2,9,10);1-5H;1H. The number of carboxylic acid groups (broad SMARTS) is 1. The number of aromatic hydroxyl groups is 1. The van der Waals surface area contributed by atoms with Gasteiger partial charge in [0.15, 0.2) is 15.4 Å². The van der Waals surface area contributed by atoms with E-state index < -0.39 is 17.1 Å².